The van der Waals surface area contributed by atoms with E-state index in [1.165, 1.54) is 0 Å². The summed E-state index contributed by atoms with van der Waals surface area (Å²) in [4.78, 5) is 18.3. The molecule has 0 rings (SSSR count). The molecule has 0 aromatic rings. The van der Waals surface area contributed by atoms with Crippen molar-refractivity contribution < 1.29 is 14.4 Å². The van der Waals surface area contributed by atoms with Crippen LogP contribution in [0.1, 0.15) is 33.6 Å². The monoisotopic (exact) mass is 241 g/mol. The summed E-state index contributed by atoms with van der Waals surface area (Å²) in [5.74, 6) is 0. The van der Waals surface area contributed by atoms with E-state index in [1.54, 1.807) is 13.8 Å². The van der Waals surface area contributed by atoms with Gasteiger partial charge in [-0.05, 0) is 20.3 Å². The third-order valence-electron chi connectivity index (χ3n) is 2.25. The van der Waals surface area contributed by atoms with Gasteiger partial charge in [-0.15, -0.1) is 0 Å². The van der Waals surface area contributed by atoms with Crippen molar-refractivity contribution in [1.29, 1.82) is 0 Å². The van der Waals surface area contributed by atoms with Gasteiger partial charge in [0.15, 0.2) is 0 Å². The van der Waals surface area contributed by atoms with E-state index in [1.807, 2.05) is 6.92 Å². The quantitative estimate of drug-likeness (QED) is 0.432. The molecular weight excluding hydrogens is 221 g/mol. The minimum Gasteiger partial charge on any atom is -0.326 e. The number of thiol groups is 1. The maximum absolute atomic E-state index is 11.2. The summed E-state index contributed by atoms with van der Waals surface area (Å²) < 4.78 is 10.6. The summed E-state index contributed by atoms with van der Waals surface area (Å²) in [6.45, 7) is 5.40. The van der Waals surface area contributed by atoms with Gasteiger partial charge in [-0.3, -0.25) is 4.57 Å². The molecule has 0 aliphatic heterocycles. The largest absolute Gasteiger partial charge is 0.330 e. The highest BCUT2D eigenvalue weighted by Crippen LogP contribution is 2.47. The summed E-state index contributed by atoms with van der Waals surface area (Å²) in [6, 6.07) is -0.605. The molecule has 0 fully saturated rings. The van der Waals surface area contributed by atoms with Crippen molar-refractivity contribution in [3.05, 3.63) is 0 Å². The highest BCUT2D eigenvalue weighted by Gasteiger charge is 2.39. The van der Waals surface area contributed by atoms with Gasteiger partial charge >= 0.3 is 7.60 Å². The maximum Gasteiger partial charge on any atom is 0.330 e. The van der Waals surface area contributed by atoms with Gasteiger partial charge in [-0.25, -0.2) is 0 Å². The predicted molar refractivity (Wildman–Crippen MR) is 61.8 cm³/mol. The van der Waals surface area contributed by atoms with Crippen molar-refractivity contribution in [2.45, 2.75) is 50.1 Å². The van der Waals surface area contributed by atoms with Crippen LogP contribution in [-0.2, 0) is 4.57 Å². The molecule has 4 N–H and O–H groups in total. The zero-order valence-corrected chi connectivity index (χ0v) is 10.6. The molecule has 0 saturated carbocycles. The van der Waals surface area contributed by atoms with E-state index in [2.05, 4.69) is 12.6 Å². The average Bonchev–Trinajstić information content (AvgIpc) is 1.94. The Hall–Kier alpha value is 0.460. The molecule has 0 radical (unpaired) electrons. The van der Waals surface area contributed by atoms with Crippen LogP contribution >= 0.6 is 20.2 Å². The fourth-order valence-corrected chi connectivity index (χ4v) is 3.01. The van der Waals surface area contributed by atoms with Gasteiger partial charge in [0.2, 0.25) is 0 Å². The first-order valence-corrected chi connectivity index (χ1v) is 6.76. The highest BCUT2D eigenvalue weighted by molar-refractivity contribution is 7.81. The lowest BCUT2D eigenvalue weighted by Gasteiger charge is -2.33. The Balaban J connectivity index is 4.76. The molecule has 0 amide bonds. The summed E-state index contributed by atoms with van der Waals surface area (Å²) >= 11 is 4.25. The lowest BCUT2D eigenvalue weighted by Crippen LogP contribution is -2.47. The smallest absolute Gasteiger partial charge is 0.326 e. The molecule has 2 atom stereocenters. The van der Waals surface area contributed by atoms with E-state index in [-0.39, 0.29) is 0 Å². The van der Waals surface area contributed by atoms with Gasteiger partial charge in [0.1, 0.15) is 0 Å². The molecule has 0 aliphatic carbocycles. The third-order valence-corrected chi connectivity index (χ3v) is 3.99. The Morgan fingerprint density at radius 1 is 1.50 bits per heavy atom. The van der Waals surface area contributed by atoms with Gasteiger partial charge in [0.05, 0.1) is 5.66 Å². The minimum atomic E-state index is -4.12. The van der Waals surface area contributed by atoms with Gasteiger partial charge in [0.25, 0.3) is 0 Å². The Morgan fingerprint density at radius 2 is 1.93 bits per heavy atom. The van der Waals surface area contributed by atoms with Crippen molar-refractivity contribution >= 4 is 20.2 Å². The standard InChI is InChI=1S/C8H20NO3PS/c1-4-5-6(13(10,11)12)7(9)8(2,3)14/h6-7,14H,4-5,9H2,1-3H3,(H2,10,11,12). The second kappa shape index (κ2) is 4.99. The van der Waals surface area contributed by atoms with E-state index in [9.17, 15) is 4.57 Å². The topological polar surface area (TPSA) is 83.6 Å². The highest BCUT2D eigenvalue weighted by atomic mass is 32.1. The molecule has 4 nitrogen and oxygen atoms in total. The van der Waals surface area contributed by atoms with E-state index in [0.29, 0.717) is 12.8 Å². The van der Waals surface area contributed by atoms with Crippen LogP contribution in [0.3, 0.4) is 0 Å². The second-order valence-electron chi connectivity index (χ2n) is 4.12. The molecule has 0 aromatic carbocycles. The summed E-state index contributed by atoms with van der Waals surface area (Å²) in [5.41, 5.74) is 5.01. The fourth-order valence-electron chi connectivity index (χ4n) is 1.32. The van der Waals surface area contributed by atoms with E-state index in [0.717, 1.165) is 0 Å². The van der Waals surface area contributed by atoms with Gasteiger partial charge in [0, 0.05) is 10.8 Å². The van der Waals surface area contributed by atoms with Gasteiger partial charge in [-0.2, -0.15) is 12.6 Å². The lowest BCUT2D eigenvalue weighted by atomic mass is 9.98. The van der Waals surface area contributed by atoms with Crippen molar-refractivity contribution in [3.63, 3.8) is 0 Å². The second-order valence-corrected chi connectivity index (χ2v) is 7.12. The van der Waals surface area contributed by atoms with Gasteiger partial charge < -0.3 is 15.5 Å². The van der Waals surface area contributed by atoms with Crippen LogP contribution in [-0.4, -0.2) is 26.2 Å². The Bertz CT molecular complexity index is 223. The molecule has 0 heterocycles. The van der Waals surface area contributed by atoms with Crippen LogP contribution in [0.5, 0.6) is 0 Å². The molecule has 86 valence electrons. The fraction of sp³-hybridized carbons (Fsp3) is 1.00. The molecule has 0 saturated heterocycles. The zero-order chi connectivity index (χ0) is 11.6. The van der Waals surface area contributed by atoms with Crippen molar-refractivity contribution in [1.82, 2.24) is 0 Å². The Labute approximate surface area is 90.8 Å². The normalized spacial score (nSPS) is 17.9. The van der Waals surface area contributed by atoms with Crippen LogP contribution in [0.2, 0.25) is 0 Å². The first kappa shape index (κ1) is 14.5. The number of nitrogens with two attached hydrogens (primary N) is 1. The zero-order valence-electron chi connectivity index (χ0n) is 8.84. The molecular formula is C8H20NO3PS. The summed E-state index contributed by atoms with van der Waals surface area (Å²) in [5, 5.41) is 0. The average molecular weight is 241 g/mol. The van der Waals surface area contributed by atoms with E-state index in [4.69, 9.17) is 15.5 Å². The molecule has 2 unspecified atom stereocenters. The van der Waals surface area contributed by atoms with Crippen LogP contribution in [0.4, 0.5) is 0 Å². The van der Waals surface area contributed by atoms with Crippen molar-refractivity contribution in [2.24, 2.45) is 5.73 Å². The maximum atomic E-state index is 11.2. The van der Waals surface area contributed by atoms with Crippen molar-refractivity contribution in [2.75, 3.05) is 0 Å². The summed E-state index contributed by atoms with van der Waals surface area (Å²) in [7, 11) is -4.12. The molecule has 0 bridgehead atoms. The molecule has 0 aromatic heterocycles. The van der Waals surface area contributed by atoms with E-state index >= 15 is 0 Å². The van der Waals surface area contributed by atoms with Crippen molar-refractivity contribution in [3.8, 4) is 0 Å². The molecule has 6 heteroatoms. The number of rotatable bonds is 5. The third kappa shape index (κ3) is 4.32. The summed E-state index contributed by atoms with van der Waals surface area (Å²) in [6.07, 6.45) is 1.13. The lowest BCUT2D eigenvalue weighted by molar-refractivity contribution is 0.333. The van der Waals surface area contributed by atoms with Gasteiger partial charge in [-0.1, -0.05) is 13.3 Å². The first-order valence-electron chi connectivity index (χ1n) is 4.64. The molecule has 0 spiro atoms. The van der Waals surface area contributed by atoms with Crippen LogP contribution in [0.25, 0.3) is 0 Å². The minimum absolute atomic E-state index is 0.426. The van der Waals surface area contributed by atoms with Crippen LogP contribution < -0.4 is 5.73 Å². The SMILES string of the molecule is CCCC(C(N)C(C)(C)S)P(=O)(O)O. The first-order chi connectivity index (χ1) is 6.10. The molecule has 14 heavy (non-hydrogen) atoms. The number of hydrogen-bond acceptors (Lipinski definition) is 3. The molecule has 0 aliphatic rings. The Morgan fingerprint density at radius 3 is 2.14 bits per heavy atom. The predicted octanol–water partition coefficient (Wildman–Crippen LogP) is 1.37. The Kier molecular flexibility index (Phi) is 5.16. The number of hydrogen-bond donors (Lipinski definition) is 4. The van der Waals surface area contributed by atoms with E-state index < -0.39 is 24.0 Å². The van der Waals surface area contributed by atoms with Crippen LogP contribution in [0, 0.1) is 0 Å². The van der Waals surface area contributed by atoms with Crippen LogP contribution in [0.15, 0.2) is 0 Å².